The molecule has 0 aromatic carbocycles. The van der Waals surface area contributed by atoms with Crippen LogP contribution in [0.1, 0.15) is 20.8 Å². The predicted octanol–water partition coefficient (Wildman–Crippen LogP) is -0.709. The Morgan fingerprint density at radius 1 is 1.29 bits per heavy atom. The zero-order valence-corrected chi connectivity index (χ0v) is 11.5. The van der Waals surface area contributed by atoms with E-state index in [1.807, 2.05) is 0 Å². The molecule has 3 N–H and O–H groups in total. The second-order valence-corrected chi connectivity index (χ2v) is 7.56. The molecular weight excluding hydrogens is 244 g/mol. The normalized spacial score (nSPS) is 12.6. The minimum atomic E-state index is -3.08. The second-order valence-electron chi connectivity index (χ2n) is 4.70. The Bertz CT molecular complexity index is 333. The van der Waals surface area contributed by atoms with Crippen LogP contribution in [0.5, 0.6) is 0 Å². The Morgan fingerprint density at radius 3 is 2.35 bits per heavy atom. The van der Waals surface area contributed by atoms with E-state index < -0.39 is 20.5 Å². The molecule has 0 aliphatic rings. The monoisotopic (exact) mass is 266 g/mol. The number of amides is 1. The minimum absolute atomic E-state index is 0.0896. The first-order valence-electron chi connectivity index (χ1n) is 5.46. The van der Waals surface area contributed by atoms with Gasteiger partial charge in [-0.25, -0.2) is 8.42 Å². The summed E-state index contributed by atoms with van der Waals surface area (Å²) < 4.78 is 27.6. The molecule has 0 spiro atoms. The minimum Gasteiger partial charge on any atom is -0.370 e. The van der Waals surface area contributed by atoms with Crippen molar-refractivity contribution in [3.05, 3.63) is 0 Å². The van der Waals surface area contributed by atoms with Crippen LogP contribution in [0.2, 0.25) is 0 Å². The summed E-state index contributed by atoms with van der Waals surface area (Å²) in [5.41, 5.74) is 4.87. The van der Waals surface area contributed by atoms with Gasteiger partial charge in [-0.3, -0.25) is 4.79 Å². The Hall–Kier alpha value is -0.660. The Morgan fingerprint density at radius 2 is 1.88 bits per heavy atom. The lowest BCUT2D eigenvalue weighted by molar-refractivity contribution is -0.122. The van der Waals surface area contributed by atoms with E-state index in [1.54, 1.807) is 20.8 Å². The van der Waals surface area contributed by atoms with E-state index in [-0.39, 0.29) is 12.4 Å². The molecule has 0 bridgehead atoms. The number of sulfone groups is 1. The first-order valence-corrected chi connectivity index (χ1v) is 7.11. The van der Waals surface area contributed by atoms with Crippen molar-refractivity contribution < 1.29 is 17.9 Å². The number of nitrogens with two attached hydrogens (primary N) is 1. The maximum absolute atomic E-state index is 11.7. The first-order chi connectivity index (χ1) is 7.67. The molecule has 0 saturated heterocycles. The topological polar surface area (TPSA) is 98.5 Å². The van der Waals surface area contributed by atoms with Crippen LogP contribution in [-0.4, -0.2) is 51.1 Å². The van der Waals surface area contributed by atoms with Crippen molar-refractivity contribution >= 4 is 15.7 Å². The van der Waals surface area contributed by atoms with Crippen molar-refractivity contribution in [2.45, 2.75) is 25.5 Å². The predicted molar refractivity (Wildman–Crippen MR) is 66.4 cm³/mol. The molecule has 0 radical (unpaired) electrons. The molecule has 0 rings (SSSR count). The molecule has 102 valence electrons. The van der Waals surface area contributed by atoms with Gasteiger partial charge in [0.2, 0.25) is 5.91 Å². The van der Waals surface area contributed by atoms with E-state index in [1.165, 1.54) is 0 Å². The highest BCUT2D eigenvalue weighted by Crippen LogP contribution is 2.14. The second kappa shape index (κ2) is 6.93. The zero-order chi connectivity index (χ0) is 13.5. The lowest BCUT2D eigenvalue weighted by Gasteiger charge is -2.19. The maximum atomic E-state index is 11.7. The van der Waals surface area contributed by atoms with Crippen LogP contribution >= 0.6 is 0 Å². The van der Waals surface area contributed by atoms with Gasteiger partial charge in [0.25, 0.3) is 0 Å². The molecule has 0 aliphatic carbocycles. The molecule has 0 aliphatic heterocycles. The number of hydrogen-bond donors (Lipinski definition) is 2. The van der Waals surface area contributed by atoms with Gasteiger partial charge in [-0.15, -0.1) is 0 Å². The highest BCUT2D eigenvalue weighted by atomic mass is 32.2. The van der Waals surface area contributed by atoms with Gasteiger partial charge in [-0.1, -0.05) is 0 Å². The van der Waals surface area contributed by atoms with Crippen molar-refractivity contribution in [1.29, 1.82) is 0 Å². The maximum Gasteiger partial charge on any atom is 0.243 e. The molecule has 1 amide bonds. The molecule has 0 aromatic heterocycles. The van der Waals surface area contributed by atoms with Crippen molar-refractivity contribution in [2.75, 3.05) is 32.1 Å². The van der Waals surface area contributed by atoms with Gasteiger partial charge < -0.3 is 15.8 Å². The SMILES string of the molecule is CC(C)(C)S(=O)(=O)CCNCCOCC(N)=O. The standard InChI is InChI=1S/C10H22N2O4S/c1-10(2,3)17(14,15)7-5-12-4-6-16-8-9(11)13/h12H,4-8H2,1-3H3,(H2,11,13). The van der Waals surface area contributed by atoms with Crippen molar-refractivity contribution in [2.24, 2.45) is 5.73 Å². The van der Waals surface area contributed by atoms with E-state index in [0.717, 1.165) is 0 Å². The van der Waals surface area contributed by atoms with Crippen molar-refractivity contribution in [3.8, 4) is 0 Å². The summed E-state index contributed by atoms with van der Waals surface area (Å²) in [6, 6.07) is 0. The highest BCUT2D eigenvalue weighted by molar-refractivity contribution is 7.92. The molecular formula is C10H22N2O4S. The van der Waals surface area contributed by atoms with Gasteiger partial charge in [-0.2, -0.15) is 0 Å². The largest absolute Gasteiger partial charge is 0.370 e. The first kappa shape index (κ1) is 16.3. The number of ether oxygens (including phenoxy) is 1. The molecule has 6 nitrogen and oxygen atoms in total. The number of hydrogen-bond acceptors (Lipinski definition) is 5. The van der Waals surface area contributed by atoms with Crippen LogP contribution in [0.15, 0.2) is 0 Å². The summed E-state index contributed by atoms with van der Waals surface area (Å²) in [7, 11) is -3.08. The van der Waals surface area contributed by atoms with Gasteiger partial charge >= 0.3 is 0 Å². The summed E-state index contributed by atoms with van der Waals surface area (Å²) in [5, 5.41) is 2.93. The summed E-state index contributed by atoms with van der Waals surface area (Å²) in [5.74, 6) is -0.424. The third-order valence-corrected chi connectivity index (χ3v) is 4.76. The van der Waals surface area contributed by atoms with Crippen molar-refractivity contribution in [3.63, 3.8) is 0 Å². The number of primary amides is 1. The fourth-order valence-electron chi connectivity index (χ4n) is 0.955. The third kappa shape index (κ3) is 7.30. The molecule has 17 heavy (non-hydrogen) atoms. The number of rotatable bonds is 8. The fraction of sp³-hybridized carbons (Fsp3) is 0.900. The van der Waals surface area contributed by atoms with Gasteiger partial charge in [0.1, 0.15) is 6.61 Å². The Balaban J connectivity index is 3.63. The molecule has 0 unspecified atom stereocenters. The fourth-order valence-corrected chi connectivity index (χ4v) is 1.98. The summed E-state index contributed by atoms with van der Waals surface area (Å²) in [6.07, 6.45) is 0. The smallest absolute Gasteiger partial charge is 0.243 e. The van der Waals surface area contributed by atoms with Gasteiger partial charge in [0.05, 0.1) is 17.1 Å². The van der Waals surface area contributed by atoms with Crippen LogP contribution in [-0.2, 0) is 19.4 Å². The number of carbonyl (C=O) groups is 1. The molecule has 0 saturated carbocycles. The number of carbonyl (C=O) groups excluding carboxylic acids is 1. The van der Waals surface area contributed by atoms with E-state index in [2.05, 4.69) is 5.32 Å². The van der Waals surface area contributed by atoms with Crippen LogP contribution in [0, 0.1) is 0 Å². The lowest BCUT2D eigenvalue weighted by Crippen LogP contribution is -2.35. The highest BCUT2D eigenvalue weighted by Gasteiger charge is 2.27. The van der Waals surface area contributed by atoms with Gasteiger partial charge in [0, 0.05) is 13.1 Å². The van der Waals surface area contributed by atoms with Crippen molar-refractivity contribution in [1.82, 2.24) is 5.32 Å². The van der Waals surface area contributed by atoms with Gasteiger partial charge in [-0.05, 0) is 20.8 Å². The molecule has 7 heteroatoms. The molecule has 0 fully saturated rings. The van der Waals surface area contributed by atoms with Gasteiger partial charge in [0.15, 0.2) is 9.84 Å². The summed E-state index contributed by atoms with van der Waals surface area (Å²) in [6.45, 7) is 6.13. The quantitative estimate of drug-likeness (QED) is 0.566. The van der Waals surface area contributed by atoms with Crippen LogP contribution in [0.3, 0.4) is 0 Å². The van der Waals surface area contributed by atoms with Crippen LogP contribution in [0.25, 0.3) is 0 Å². The van der Waals surface area contributed by atoms with Crippen LogP contribution in [0.4, 0.5) is 0 Å². The summed E-state index contributed by atoms with van der Waals surface area (Å²) in [4.78, 5) is 10.3. The average Bonchev–Trinajstić information content (AvgIpc) is 2.13. The van der Waals surface area contributed by atoms with E-state index in [9.17, 15) is 13.2 Å². The number of nitrogens with one attached hydrogen (secondary N) is 1. The molecule has 0 aromatic rings. The third-order valence-electron chi connectivity index (χ3n) is 2.15. The average molecular weight is 266 g/mol. The van der Waals surface area contributed by atoms with E-state index in [4.69, 9.17) is 10.5 Å². The van der Waals surface area contributed by atoms with E-state index in [0.29, 0.717) is 19.7 Å². The Labute approximate surface area is 103 Å². The van der Waals surface area contributed by atoms with Crippen LogP contribution < -0.4 is 11.1 Å². The Kier molecular flexibility index (Phi) is 6.66. The molecule has 0 atom stereocenters. The van der Waals surface area contributed by atoms with E-state index >= 15 is 0 Å². The zero-order valence-electron chi connectivity index (χ0n) is 10.7. The molecule has 0 heterocycles. The lowest BCUT2D eigenvalue weighted by atomic mass is 10.3. The summed E-state index contributed by atoms with van der Waals surface area (Å²) >= 11 is 0.